The molecule has 2 aromatic carbocycles. The Hall–Kier alpha value is -4.11. The van der Waals surface area contributed by atoms with Crippen molar-refractivity contribution in [3.63, 3.8) is 0 Å². The van der Waals surface area contributed by atoms with E-state index in [4.69, 9.17) is 23.7 Å². The van der Waals surface area contributed by atoms with Crippen LogP contribution < -0.4 is 19.5 Å². The highest BCUT2D eigenvalue weighted by molar-refractivity contribution is 8.00. The van der Waals surface area contributed by atoms with Gasteiger partial charge in [-0.2, -0.15) is 0 Å². The molecule has 0 unspecified atom stereocenters. The van der Waals surface area contributed by atoms with Crippen LogP contribution in [0.4, 0.5) is 0 Å². The van der Waals surface area contributed by atoms with Crippen LogP contribution in [0.15, 0.2) is 63.6 Å². The van der Waals surface area contributed by atoms with Gasteiger partial charge in [0.25, 0.3) is 0 Å². The molecular formula is C29H29NO7S. The number of nitrogens with one attached hydrogen (secondary N) is 1. The molecule has 38 heavy (non-hydrogen) atoms. The monoisotopic (exact) mass is 535 g/mol. The minimum Gasteiger partial charge on any atom is -0.497 e. The minimum absolute atomic E-state index is 0.116. The number of methoxy groups -OCH3 is 3. The van der Waals surface area contributed by atoms with Crippen molar-refractivity contribution in [2.45, 2.75) is 24.8 Å². The molecule has 198 valence electrons. The second-order valence-corrected chi connectivity index (χ2v) is 9.53. The molecule has 0 radical (unpaired) electrons. The van der Waals surface area contributed by atoms with Crippen molar-refractivity contribution in [2.24, 2.45) is 0 Å². The molecule has 0 bridgehead atoms. The third-order valence-electron chi connectivity index (χ3n) is 6.21. The molecule has 9 heteroatoms. The number of carboxylic acids is 1. The normalized spacial score (nSPS) is 13.4. The number of ether oxygens (including phenoxy) is 3. The lowest BCUT2D eigenvalue weighted by atomic mass is 10.00. The van der Waals surface area contributed by atoms with E-state index in [9.17, 15) is 9.59 Å². The summed E-state index contributed by atoms with van der Waals surface area (Å²) in [6.45, 7) is 2.32. The Kier molecular flexibility index (Phi) is 8.48. The summed E-state index contributed by atoms with van der Waals surface area (Å²) < 4.78 is 21.9. The first-order chi connectivity index (χ1) is 18.3. The van der Waals surface area contributed by atoms with Crippen molar-refractivity contribution in [1.82, 2.24) is 5.32 Å². The average Bonchev–Trinajstić information content (AvgIpc) is 3.53. The first kappa shape index (κ1) is 26.9. The van der Waals surface area contributed by atoms with Crippen LogP contribution in [0.1, 0.15) is 35.8 Å². The molecule has 1 aromatic heterocycles. The second kappa shape index (κ2) is 12.0. The summed E-state index contributed by atoms with van der Waals surface area (Å²) in [5, 5.41) is 12.0. The lowest BCUT2D eigenvalue weighted by Crippen LogP contribution is -2.22. The Morgan fingerprint density at radius 3 is 2.37 bits per heavy atom. The second-order valence-electron chi connectivity index (χ2n) is 8.54. The SMILES string of the molecule is COc1ccc2c(c1)C(CC(=O)NCc1ccco1)=C(C)C2=Cc1cc(OC)c(SCC(=O)O)c(OC)c1. The van der Waals surface area contributed by atoms with Gasteiger partial charge >= 0.3 is 5.97 Å². The number of amides is 1. The fourth-order valence-electron chi connectivity index (χ4n) is 4.36. The minimum atomic E-state index is -0.926. The number of thioether (sulfide) groups is 1. The van der Waals surface area contributed by atoms with E-state index in [2.05, 4.69) is 5.32 Å². The molecular weight excluding hydrogens is 506 g/mol. The van der Waals surface area contributed by atoms with Gasteiger partial charge in [0.15, 0.2) is 0 Å². The van der Waals surface area contributed by atoms with Gasteiger partial charge in [0.05, 0.1) is 51.2 Å². The number of hydrogen-bond acceptors (Lipinski definition) is 7. The number of rotatable bonds is 11. The first-order valence-electron chi connectivity index (χ1n) is 11.8. The summed E-state index contributed by atoms with van der Waals surface area (Å²) in [5.41, 5.74) is 5.59. The molecule has 0 fully saturated rings. The molecule has 0 saturated carbocycles. The molecule has 1 amide bonds. The number of furan rings is 1. The van der Waals surface area contributed by atoms with E-state index in [1.165, 1.54) is 14.2 Å². The Morgan fingerprint density at radius 1 is 1.03 bits per heavy atom. The van der Waals surface area contributed by atoms with Crippen molar-refractivity contribution in [3.8, 4) is 17.2 Å². The van der Waals surface area contributed by atoms with Crippen LogP contribution in [0.3, 0.4) is 0 Å². The van der Waals surface area contributed by atoms with E-state index in [1.54, 1.807) is 19.4 Å². The predicted molar refractivity (Wildman–Crippen MR) is 147 cm³/mol. The maximum atomic E-state index is 12.9. The highest BCUT2D eigenvalue weighted by Gasteiger charge is 2.26. The summed E-state index contributed by atoms with van der Waals surface area (Å²) in [6.07, 6.45) is 3.79. The van der Waals surface area contributed by atoms with E-state index < -0.39 is 5.97 Å². The number of carboxylic acid groups (broad SMARTS) is 1. The lowest BCUT2D eigenvalue weighted by Gasteiger charge is -2.14. The fourth-order valence-corrected chi connectivity index (χ4v) is 5.20. The van der Waals surface area contributed by atoms with Gasteiger partial charge in [-0.3, -0.25) is 9.59 Å². The van der Waals surface area contributed by atoms with Gasteiger partial charge in [0.1, 0.15) is 23.0 Å². The maximum Gasteiger partial charge on any atom is 0.313 e. The number of carbonyl (C=O) groups excluding carboxylic acids is 1. The van der Waals surface area contributed by atoms with Crippen LogP contribution in [0, 0.1) is 0 Å². The largest absolute Gasteiger partial charge is 0.497 e. The molecule has 1 aliphatic carbocycles. The van der Waals surface area contributed by atoms with Crippen molar-refractivity contribution in [3.05, 3.63) is 76.8 Å². The van der Waals surface area contributed by atoms with Gasteiger partial charge < -0.3 is 29.1 Å². The van der Waals surface area contributed by atoms with Crippen molar-refractivity contribution in [1.29, 1.82) is 0 Å². The molecule has 0 spiro atoms. The van der Waals surface area contributed by atoms with E-state index in [-0.39, 0.29) is 18.1 Å². The zero-order valence-corrected chi connectivity index (χ0v) is 22.4. The molecule has 0 aliphatic heterocycles. The summed E-state index contributed by atoms with van der Waals surface area (Å²) in [4.78, 5) is 24.6. The number of allylic oxidation sites excluding steroid dienone is 2. The third-order valence-corrected chi connectivity index (χ3v) is 7.29. The maximum absolute atomic E-state index is 12.9. The van der Waals surface area contributed by atoms with Crippen molar-refractivity contribution >= 4 is 40.9 Å². The number of hydrogen-bond donors (Lipinski definition) is 2. The van der Waals surface area contributed by atoms with Gasteiger partial charge in [-0.05, 0) is 82.8 Å². The highest BCUT2D eigenvalue weighted by atomic mass is 32.2. The molecule has 1 heterocycles. The molecule has 8 nitrogen and oxygen atoms in total. The van der Waals surface area contributed by atoms with Crippen LogP contribution in [0.25, 0.3) is 17.2 Å². The fraction of sp³-hybridized carbons (Fsp3) is 0.241. The molecule has 3 aromatic rings. The topological polar surface area (TPSA) is 107 Å². The van der Waals surface area contributed by atoms with Crippen LogP contribution in [-0.2, 0) is 16.1 Å². The highest BCUT2D eigenvalue weighted by Crippen LogP contribution is 2.46. The van der Waals surface area contributed by atoms with E-state index in [1.807, 2.05) is 49.4 Å². The Labute approximate surface area is 225 Å². The lowest BCUT2D eigenvalue weighted by molar-refractivity contribution is -0.134. The number of carbonyl (C=O) groups is 2. The van der Waals surface area contributed by atoms with Gasteiger partial charge in [-0.25, -0.2) is 0 Å². The number of aliphatic carboxylic acids is 1. The number of fused-ring (bicyclic) bond motifs is 1. The zero-order chi connectivity index (χ0) is 27.2. The molecule has 0 atom stereocenters. The third kappa shape index (κ3) is 5.89. The van der Waals surface area contributed by atoms with Crippen LogP contribution >= 0.6 is 11.8 Å². The van der Waals surface area contributed by atoms with E-state index in [0.717, 1.165) is 45.2 Å². The van der Waals surface area contributed by atoms with Crippen LogP contribution in [0.2, 0.25) is 0 Å². The Balaban J connectivity index is 1.71. The van der Waals surface area contributed by atoms with E-state index >= 15 is 0 Å². The summed E-state index contributed by atoms with van der Waals surface area (Å²) in [5.74, 6) is 1.28. The van der Waals surface area contributed by atoms with Crippen LogP contribution in [-0.4, -0.2) is 44.1 Å². The molecule has 0 saturated heterocycles. The van der Waals surface area contributed by atoms with Crippen molar-refractivity contribution in [2.75, 3.05) is 27.1 Å². The molecule has 4 rings (SSSR count). The quantitative estimate of drug-likeness (QED) is 0.309. The summed E-state index contributed by atoms with van der Waals surface area (Å²) in [6, 6.07) is 13.1. The van der Waals surface area contributed by atoms with Gasteiger partial charge in [0.2, 0.25) is 5.91 Å². The molecule has 1 aliphatic rings. The summed E-state index contributed by atoms with van der Waals surface area (Å²) >= 11 is 1.14. The number of benzene rings is 2. The van der Waals surface area contributed by atoms with Crippen LogP contribution in [0.5, 0.6) is 17.2 Å². The Bertz CT molecular complexity index is 1380. The Morgan fingerprint density at radius 2 is 1.76 bits per heavy atom. The van der Waals surface area contributed by atoms with Gasteiger partial charge in [0, 0.05) is 0 Å². The zero-order valence-electron chi connectivity index (χ0n) is 21.6. The average molecular weight is 536 g/mol. The molecule has 2 N–H and O–H groups in total. The smallest absolute Gasteiger partial charge is 0.313 e. The first-order valence-corrected chi connectivity index (χ1v) is 12.8. The van der Waals surface area contributed by atoms with Crippen molar-refractivity contribution < 1.29 is 33.3 Å². The van der Waals surface area contributed by atoms with E-state index in [0.29, 0.717) is 34.4 Å². The predicted octanol–water partition coefficient (Wildman–Crippen LogP) is 5.52. The van der Waals surface area contributed by atoms with Gasteiger partial charge in [-0.1, -0.05) is 6.07 Å². The standard InChI is InChI=1S/C29H29NO7S/c1-17-22(10-18-11-25(35-3)29(26(12-18)36-4)38-16-28(32)33)21-8-7-19(34-2)13-24(21)23(17)14-27(31)30-15-20-6-5-9-37-20/h5-13H,14-16H2,1-4H3,(H,30,31)(H,32,33). The summed E-state index contributed by atoms with van der Waals surface area (Å²) in [7, 11) is 4.69. The van der Waals surface area contributed by atoms with Gasteiger partial charge in [-0.15, -0.1) is 11.8 Å².